The minimum atomic E-state index is 0.0740. The Morgan fingerprint density at radius 3 is 2.40 bits per heavy atom. The first kappa shape index (κ1) is 17.9. The molecule has 0 amide bonds. The average molecular weight is 358 g/mol. The van der Waals surface area contributed by atoms with E-state index in [-0.39, 0.29) is 11.7 Å². The van der Waals surface area contributed by atoms with E-state index in [9.17, 15) is 4.79 Å². The van der Waals surface area contributed by atoms with Gasteiger partial charge >= 0.3 is 0 Å². The highest BCUT2D eigenvalue weighted by molar-refractivity contribution is 6.30. The van der Waals surface area contributed by atoms with Gasteiger partial charge in [0.15, 0.2) is 5.78 Å². The fraction of sp³-hybridized carbons (Fsp3) is 0.450. The first-order chi connectivity index (χ1) is 11.9. The van der Waals surface area contributed by atoms with Gasteiger partial charge in [-0.2, -0.15) is 0 Å². The van der Waals surface area contributed by atoms with Gasteiger partial charge in [0.25, 0.3) is 0 Å². The van der Waals surface area contributed by atoms with Gasteiger partial charge in [-0.25, -0.2) is 9.97 Å². The van der Waals surface area contributed by atoms with E-state index in [1.165, 1.54) is 0 Å². The van der Waals surface area contributed by atoms with E-state index in [0.717, 1.165) is 48.8 Å². The van der Waals surface area contributed by atoms with Crippen molar-refractivity contribution >= 4 is 23.2 Å². The highest BCUT2D eigenvalue weighted by Crippen LogP contribution is 2.26. The SMILES string of the molecule is Cc1cc(N2CCC(C(=O)c3ccc(Cl)cc3)CC2)nc(C(C)C)n1. The maximum atomic E-state index is 12.7. The fourth-order valence-corrected chi connectivity index (χ4v) is 3.34. The second kappa shape index (κ2) is 7.52. The lowest BCUT2D eigenvalue weighted by Crippen LogP contribution is -2.37. The van der Waals surface area contributed by atoms with Crippen molar-refractivity contribution in [2.75, 3.05) is 18.0 Å². The van der Waals surface area contributed by atoms with Crippen LogP contribution in [0.4, 0.5) is 5.82 Å². The number of aryl methyl sites for hydroxylation is 1. The van der Waals surface area contributed by atoms with Crippen molar-refractivity contribution < 1.29 is 4.79 Å². The smallest absolute Gasteiger partial charge is 0.166 e. The molecule has 2 aromatic rings. The third kappa shape index (κ3) is 4.18. The summed E-state index contributed by atoms with van der Waals surface area (Å²) in [5.41, 5.74) is 1.75. The number of anilines is 1. The molecule has 3 rings (SSSR count). The Balaban J connectivity index is 1.67. The number of carbonyl (C=O) groups excluding carboxylic acids is 1. The standard InChI is InChI=1S/C20H24ClN3O/c1-13(2)20-22-14(3)12-18(23-20)24-10-8-16(9-11-24)19(25)15-4-6-17(21)7-5-15/h4-7,12-13,16H,8-11H2,1-3H3. The Labute approximate surface area is 154 Å². The molecule has 25 heavy (non-hydrogen) atoms. The van der Waals surface area contributed by atoms with Gasteiger partial charge in [-0.15, -0.1) is 0 Å². The van der Waals surface area contributed by atoms with Crippen LogP contribution in [-0.2, 0) is 0 Å². The van der Waals surface area contributed by atoms with Gasteiger partial charge in [0, 0.05) is 47.3 Å². The van der Waals surface area contributed by atoms with E-state index < -0.39 is 0 Å². The van der Waals surface area contributed by atoms with Crippen molar-refractivity contribution in [2.24, 2.45) is 5.92 Å². The van der Waals surface area contributed by atoms with Crippen LogP contribution in [-0.4, -0.2) is 28.8 Å². The molecular weight excluding hydrogens is 334 g/mol. The molecule has 0 N–H and O–H groups in total. The van der Waals surface area contributed by atoms with Gasteiger partial charge in [0.05, 0.1) is 0 Å². The number of nitrogens with zero attached hydrogens (tertiary/aromatic N) is 3. The molecule has 132 valence electrons. The number of halogens is 1. The quantitative estimate of drug-likeness (QED) is 0.746. The number of rotatable bonds is 4. The van der Waals surface area contributed by atoms with Crippen molar-refractivity contribution in [1.82, 2.24) is 9.97 Å². The third-order valence-corrected chi connectivity index (χ3v) is 4.94. The van der Waals surface area contributed by atoms with Crippen molar-refractivity contribution in [3.8, 4) is 0 Å². The topological polar surface area (TPSA) is 46.1 Å². The molecule has 0 saturated carbocycles. The van der Waals surface area contributed by atoms with Crippen LogP contribution in [0, 0.1) is 12.8 Å². The zero-order valence-corrected chi connectivity index (χ0v) is 15.8. The summed E-state index contributed by atoms with van der Waals surface area (Å²) in [5, 5.41) is 0.659. The zero-order valence-electron chi connectivity index (χ0n) is 15.0. The lowest BCUT2D eigenvalue weighted by atomic mass is 9.89. The number of ketones is 1. The highest BCUT2D eigenvalue weighted by Gasteiger charge is 2.26. The van der Waals surface area contributed by atoms with Gasteiger partial charge in [-0.3, -0.25) is 4.79 Å². The van der Waals surface area contributed by atoms with Crippen LogP contribution in [0.1, 0.15) is 54.5 Å². The fourth-order valence-electron chi connectivity index (χ4n) is 3.22. The van der Waals surface area contributed by atoms with Crippen molar-refractivity contribution in [3.05, 3.63) is 52.4 Å². The summed E-state index contributed by atoms with van der Waals surface area (Å²) in [7, 11) is 0. The maximum absolute atomic E-state index is 12.7. The van der Waals surface area contributed by atoms with Crippen molar-refractivity contribution in [1.29, 1.82) is 0 Å². The number of Topliss-reactive ketones (excluding diaryl/α,β-unsaturated/α-hetero) is 1. The molecule has 1 saturated heterocycles. The van der Waals surface area contributed by atoms with Crippen molar-refractivity contribution in [3.63, 3.8) is 0 Å². The zero-order chi connectivity index (χ0) is 18.0. The number of aromatic nitrogens is 2. The molecule has 1 aromatic heterocycles. The molecule has 1 fully saturated rings. The lowest BCUT2D eigenvalue weighted by Gasteiger charge is -2.32. The minimum absolute atomic E-state index is 0.0740. The largest absolute Gasteiger partial charge is 0.356 e. The predicted octanol–water partition coefficient (Wildman–Crippen LogP) is 4.66. The second-order valence-electron chi connectivity index (χ2n) is 7.01. The van der Waals surface area contributed by atoms with E-state index in [1.807, 2.05) is 25.1 Å². The van der Waals surface area contributed by atoms with Crippen LogP contribution in [0.5, 0.6) is 0 Å². The molecular formula is C20H24ClN3O. The molecule has 0 spiro atoms. The van der Waals surface area contributed by atoms with Gasteiger partial charge in [-0.05, 0) is 44.0 Å². The van der Waals surface area contributed by atoms with Gasteiger partial charge in [0.1, 0.15) is 11.6 Å². The Hall–Kier alpha value is -1.94. The first-order valence-corrected chi connectivity index (χ1v) is 9.22. The Morgan fingerprint density at radius 1 is 1.16 bits per heavy atom. The molecule has 5 heteroatoms. The van der Waals surface area contributed by atoms with Gasteiger partial charge in [-0.1, -0.05) is 25.4 Å². The van der Waals surface area contributed by atoms with Crippen LogP contribution in [0.2, 0.25) is 5.02 Å². The summed E-state index contributed by atoms with van der Waals surface area (Å²) < 4.78 is 0. The molecule has 0 bridgehead atoms. The van der Waals surface area contributed by atoms with Crippen LogP contribution < -0.4 is 4.90 Å². The molecule has 1 aliphatic heterocycles. The first-order valence-electron chi connectivity index (χ1n) is 8.84. The summed E-state index contributed by atoms with van der Waals surface area (Å²) in [6, 6.07) is 9.23. The summed E-state index contributed by atoms with van der Waals surface area (Å²) in [5.74, 6) is 2.47. The molecule has 0 aliphatic carbocycles. The number of hydrogen-bond acceptors (Lipinski definition) is 4. The Bertz CT molecular complexity index is 750. The molecule has 1 aliphatic rings. The van der Waals surface area contributed by atoms with E-state index in [0.29, 0.717) is 10.9 Å². The lowest BCUT2D eigenvalue weighted by molar-refractivity contribution is 0.0900. The van der Waals surface area contributed by atoms with Crippen LogP contribution >= 0.6 is 11.6 Å². The summed E-state index contributed by atoms with van der Waals surface area (Å²) in [6.07, 6.45) is 1.70. The number of hydrogen-bond donors (Lipinski definition) is 0. The molecule has 2 heterocycles. The normalized spacial score (nSPS) is 15.6. The third-order valence-electron chi connectivity index (χ3n) is 4.69. The van der Waals surface area contributed by atoms with E-state index in [1.54, 1.807) is 12.1 Å². The predicted molar refractivity (Wildman–Crippen MR) is 102 cm³/mol. The maximum Gasteiger partial charge on any atom is 0.166 e. The molecule has 0 atom stereocenters. The number of piperidine rings is 1. The van der Waals surface area contributed by atoms with Crippen LogP contribution in [0.25, 0.3) is 0 Å². The molecule has 0 unspecified atom stereocenters. The van der Waals surface area contributed by atoms with Gasteiger partial charge in [0.2, 0.25) is 0 Å². The van der Waals surface area contributed by atoms with Crippen LogP contribution in [0.3, 0.4) is 0 Å². The Kier molecular flexibility index (Phi) is 5.38. The van der Waals surface area contributed by atoms with E-state index >= 15 is 0 Å². The second-order valence-corrected chi connectivity index (χ2v) is 7.45. The summed E-state index contributed by atoms with van der Waals surface area (Å²) >= 11 is 5.91. The average Bonchev–Trinajstić information content (AvgIpc) is 2.61. The summed E-state index contributed by atoms with van der Waals surface area (Å²) in [6.45, 7) is 7.91. The van der Waals surface area contributed by atoms with Gasteiger partial charge < -0.3 is 4.90 Å². The van der Waals surface area contributed by atoms with Crippen molar-refractivity contribution in [2.45, 2.75) is 39.5 Å². The number of benzene rings is 1. The Morgan fingerprint density at radius 2 is 1.80 bits per heavy atom. The highest BCUT2D eigenvalue weighted by atomic mass is 35.5. The number of carbonyl (C=O) groups is 1. The molecule has 4 nitrogen and oxygen atoms in total. The minimum Gasteiger partial charge on any atom is -0.356 e. The molecule has 1 aromatic carbocycles. The van der Waals surface area contributed by atoms with Crippen LogP contribution in [0.15, 0.2) is 30.3 Å². The summed E-state index contributed by atoms with van der Waals surface area (Å²) in [4.78, 5) is 24.2. The molecule has 0 radical (unpaired) electrons. The van der Waals surface area contributed by atoms with E-state index in [2.05, 4.69) is 23.7 Å². The monoisotopic (exact) mass is 357 g/mol. The van der Waals surface area contributed by atoms with E-state index in [4.69, 9.17) is 16.6 Å².